The van der Waals surface area contributed by atoms with Gasteiger partial charge in [0.2, 0.25) is 0 Å². The van der Waals surface area contributed by atoms with Gasteiger partial charge in [-0.1, -0.05) is 19.1 Å². The van der Waals surface area contributed by atoms with Crippen LogP contribution in [0.15, 0.2) is 48.5 Å². The molecule has 0 radical (unpaired) electrons. The lowest BCUT2D eigenvalue weighted by Gasteiger charge is -2.19. The van der Waals surface area contributed by atoms with E-state index >= 15 is 0 Å². The van der Waals surface area contributed by atoms with Crippen LogP contribution in [0.3, 0.4) is 0 Å². The summed E-state index contributed by atoms with van der Waals surface area (Å²) in [5.74, 6) is 0.464. The van der Waals surface area contributed by atoms with Crippen molar-refractivity contribution in [1.82, 2.24) is 4.90 Å². The van der Waals surface area contributed by atoms with Gasteiger partial charge in [0.25, 0.3) is 11.8 Å². The van der Waals surface area contributed by atoms with Crippen LogP contribution in [0.4, 0.5) is 5.69 Å². The second-order valence-corrected chi connectivity index (χ2v) is 6.38. The summed E-state index contributed by atoms with van der Waals surface area (Å²) in [6.45, 7) is 9.13. The lowest BCUT2D eigenvalue weighted by Crippen LogP contribution is -2.32. The van der Waals surface area contributed by atoms with Crippen molar-refractivity contribution in [2.24, 2.45) is 0 Å². The molecule has 0 saturated heterocycles. The average molecular weight is 368 g/mol. The number of rotatable bonds is 8. The van der Waals surface area contributed by atoms with E-state index in [1.54, 1.807) is 29.2 Å². The van der Waals surface area contributed by atoms with Crippen molar-refractivity contribution in [3.05, 3.63) is 59.7 Å². The molecule has 2 aromatic rings. The van der Waals surface area contributed by atoms with Crippen LogP contribution in [0.2, 0.25) is 0 Å². The van der Waals surface area contributed by atoms with Gasteiger partial charge in [-0.3, -0.25) is 9.59 Å². The lowest BCUT2D eigenvalue weighted by atomic mass is 10.1. The summed E-state index contributed by atoms with van der Waals surface area (Å²) in [7, 11) is 0. The van der Waals surface area contributed by atoms with E-state index in [-0.39, 0.29) is 11.8 Å². The standard InChI is InChI=1S/C22H28N2O3/c1-5-20(27-19-10-8-9-16(4)15-19)21(25)23-18-13-11-17(12-14-18)22(26)24(6-2)7-3/h8-15,20H,5-7H2,1-4H3,(H,23,25). The molecule has 5 nitrogen and oxygen atoms in total. The van der Waals surface area contributed by atoms with E-state index in [1.807, 2.05) is 52.0 Å². The molecule has 27 heavy (non-hydrogen) atoms. The molecule has 0 aromatic heterocycles. The predicted molar refractivity (Wildman–Crippen MR) is 108 cm³/mol. The first-order valence-corrected chi connectivity index (χ1v) is 9.42. The molecule has 5 heteroatoms. The fraction of sp³-hybridized carbons (Fsp3) is 0.364. The Hall–Kier alpha value is -2.82. The number of nitrogens with zero attached hydrogens (tertiary/aromatic N) is 1. The topological polar surface area (TPSA) is 58.6 Å². The van der Waals surface area contributed by atoms with Crippen molar-refractivity contribution in [1.29, 1.82) is 0 Å². The van der Waals surface area contributed by atoms with Crippen LogP contribution < -0.4 is 10.1 Å². The maximum Gasteiger partial charge on any atom is 0.265 e. The van der Waals surface area contributed by atoms with E-state index in [9.17, 15) is 9.59 Å². The van der Waals surface area contributed by atoms with Gasteiger partial charge in [0.1, 0.15) is 5.75 Å². The molecule has 2 amide bonds. The maximum atomic E-state index is 12.5. The van der Waals surface area contributed by atoms with E-state index in [0.717, 1.165) is 5.56 Å². The van der Waals surface area contributed by atoms with Gasteiger partial charge in [-0.05, 0) is 69.2 Å². The molecule has 1 unspecified atom stereocenters. The zero-order valence-corrected chi connectivity index (χ0v) is 16.5. The third kappa shape index (κ3) is 5.58. The fourth-order valence-electron chi connectivity index (χ4n) is 2.79. The highest BCUT2D eigenvalue weighted by Gasteiger charge is 2.19. The predicted octanol–water partition coefficient (Wildman–Crippen LogP) is 4.27. The van der Waals surface area contributed by atoms with Crippen LogP contribution >= 0.6 is 0 Å². The second kappa shape index (κ2) is 9.76. The molecular weight excluding hydrogens is 340 g/mol. The minimum atomic E-state index is -0.580. The van der Waals surface area contributed by atoms with Crippen molar-refractivity contribution in [2.75, 3.05) is 18.4 Å². The van der Waals surface area contributed by atoms with Crippen molar-refractivity contribution in [3.63, 3.8) is 0 Å². The zero-order valence-electron chi connectivity index (χ0n) is 16.5. The molecule has 0 saturated carbocycles. The van der Waals surface area contributed by atoms with Crippen molar-refractivity contribution < 1.29 is 14.3 Å². The number of benzene rings is 2. The van der Waals surface area contributed by atoms with Crippen molar-refractivity contribution >= 4 is 17.5 Å². The number of carbonyl (C=O) groups is 2. The molecule has 0 aliphatic carbocycles. The summed E-state index contributed by atoms with van der Waals surface area (Å²) in [4.78, 5) is 26.6. The normalized spacial score (nSPS) is 11.6. The number of ether oxygens (including phenoxy) is 1. The summed E-state index contributed by atoms with van der Waals surface area (Å²) < 4.78 is 5.83. The summed E-state index contributed by atoms with van der Waals surface area (Å²) >= 11 is 0. The number of carbonyl (C=O) groups excluding carboxylic acids is 2. The Morgan fingerprint density at radius 1 is 1.04 bits per heavy atom. The molecule has 0 aliphatic heterocycles. The Kier molecular flexibility index (Phi) is 7.41. The highest BCUT2D eigenvalue weighted by Crippen LogP contribution is 2.17. The van der Waals surface area contributed by atoms with Gasteiger partial charge < -0.3 is 15.0 Å². The minimum absolute atomic E-state index is 0.00732. The molecule has 0 aliphatic rings. The van der Waals surface area contributed by atoms with E-state index in [4.69, 9.17) is 4.74 Å². The van der Waals surface area contributed by atoms with E-state index in [0.29, 0.717) is 36.5 Å². The molecular formula is C22H28N2O3. The maximum absolute atomic E-state index is 12.5. The van der Waals surface area contributed by atoms with Crippen LogP contribution in [0, 0.1) is 6.92 Å². The Morgan fingerprint density at radius 3 is 2.26 bits per heavy atom. The SMILES string of the molecule is CCC(Oc1cccc(C)c1)C(=O)Nc1ccc(C(=O)N(CC)CC)cc1. The Balaban J connectivity index is 2.02. The van der Waals surface area contributed by atoms with Gasteiger partial charge in [-0.15, -0.1) is 0 Å². The van der Waals surface area contributed by atoms with Gasteiger partial charge in [-0.2, -0.15) is 0 Å². The first-order chi connectivity index (χ1) is 13.0. The summed E-state index contributed by atoms with van der Waals surface area (Å²) in [6, 6.07) is 14.6. The minimum Gasteiger partial charge on any atom is -0.481 e. The number of amides is 2. The van der Waals surface area contributed by atoms with Gasteiger partial charge in [0, 0.05) is 24.3 Å². The van der Waals surface area contributed by atoms with Gasteiger partial charge >= 0.3 is 0 Å². The Morgan fingerprint density at radius 2 is 1.70 bits per heavy atom. The lowest BCUT2D eigenvalue weighted by molar-refractivity contribution is -0.122. The van der Waals surface area contributed by atoms with Crippen molar-refractivity contribution in [3.8, 4) is 5.75 Å². The van der Waals surface area contributed by atoms with E-state index in [1.165, 1.54) is 0 Å². The third-order valence-corrected chi connectivity index (χ3v) is 4.38. The molecule has 1 N–H and O–H groups in total. The summed E-state index contributed by atoms with van der Waals surface area (Å²) in [5, 5.41) is 2.86. The van der Waals surface area contributed by atoms with Crippen LogP contribution in [-0.2, 0) is 4.79 Å². The number of hydrogen-bond acceptors (Lipinski definition) is 3. The van der Waals surface area contributed by atoms with E-state index < -0.39 is 6.10 Å². The van der Waals surface area contributed by atoms with Crippen molar-refractivity contribution in [2.45, 2.75) is 40.2 Å². The Bertz CT molecular complexity index is 767. The smallest absolute Gasteiger partial charge is 0.265 e. The summed E-state index contributed by atoms with van der Waals surface area (Å²) in [6.07, 6.45) is -0.0260. The molecule has 1 atom stereocenters. The van der Waals surface area contributed by atoms with E-state index in [2.05, 4.69) is 5.32 Å². The third-order valence-electron chi connectivity index (χ3n) is 4.38. The van der Waals surface area contributed by atoms with Gasteiger partial charge in [-0.25, -0.2) is 0 Å². The molecule has 0 heterocycles. The monoisotopic (exact) mass is 368 g/mol. The number of aryl methyl sites for hydroxylation is 1. The zero-order chi connectivity index (χ0) is 19.8. The first-order valence-electron chi connectivity index (χ1n) is 9.42. The molecule has 2 rings (SSSR count). The Labute approximate surface area is 161 Å². The highest BCUT2D eigenvalue weighted by molar-refractivity contribution is 5.97. The molecule has 2 aromatic carbocycles. The number of hydrogen-bond donors (Lipinski definition) is 1. The quantitative estimate of drug-likeness (QED) is 0.757. The van der Waals surface area contributed by atoms with Crippen LogP contribution in [0.5, 0.6) is 5.75 Å². The fourth-order valence-corrected chi connectivity index (χ4v) is 2.79. The largest absolute Gasteiger partial charge is 0.481 e. The average Bonchev–Trinajstić information content (AvgIpc) is 2.67. The molecule has 0 bridgehead atoms. The van der Waals surface area contributed by atoms with Crippen LogP contribution in [-0.4, -0.2) is 35.9 Å². The molecule has 0 fully saturated rings. The summed E-state index contributed by atoms with van der Waals surface area (Å²) in [5.41, 5.74) is 2.33. The van der Waals surface area contributed by atoms with Gasteiger partial charge in [0.15, 0.2) is 6.10 Å². The number of nitrogens with one attached hydrogen (secondary N) is 1. The van der Waals surface area contributed by atoms with Crippen LogP contribution in [0.1, 0.15) is 43.1 Å². The van der Waals surface area contributed by atoms with Gasteiger partial charge in [0.05, 0.1) is 0 Å². The molecule has 0 spiro atoms. The highest BCUT2D eigenvalue weighted by atomic mass is 16.5. The molecule has 144 valence electrons. The number of anilines is 1. The first kappa shape index (κ1) is 20.5. The van der Waals surface area contributed by atoms with Crippen LogP contribution in [0.25, 0.3) is 0 Å². The second-order valence-electron chi connectivity index (χ2n) is 6.38.